The molecule has 0 bridgehead atoms. The molecular weight excluding hydrogens is 285 g/mol. The van der Waals surface area contributed by atoms with Crippen molar-refractivity contribution in [2.24, 2.45) is 0 Å². The summed E-state index contributed by atoms with van der Waals surface area (Å²) < 4.78 is 19.1. The van der Waals surface area contributed by atoms with Crippen molar-refractivity contribution >= 4 is 5.91 Å². The number of amides is 1. The number of carbonyl (C=O) groups excluding carboxylic acids is 1. The molecule has 0 aromatic heterocycles. The number of fused-ring (bicyclic) bond motifs is 1. The summed E-state index contributed by atoms with van der Waals surface area (Å²) in [5.74, 6) is -0.522. The largest absolute Gasteiger partial charge is 0.493 e. The van der Waals surface area contributed by atoms with Crippen LogP contribution in [-0.4, -0.2) is 24.2 Å². The Bertz CT molecular complexity index is 704. The third-order valence-corrected chi connectivity index (χ3v) is 3.82. The number of benzene rings is 2. The molecule has 1 atom stereocenters. The number of halogens is 1. The van der Waals surface area contributed by atoms with E-state index in [0.29, 0.717) is 24.3 Å². The zero-order chi connectivity index (χ0) is 15.6. The number of hydrogen-bond acceptors (Lipinski definition) is 3. The fourth-order valence-corrected chi connectivity index (χ4v) is 2.59. The van der Waals surface area contributed by atoms with Gasteiger partial charge in [-0.15, -0.1) is 0 Å². The molecule has 5 heteroatoms. The lowest BCUT2D eigenvalue weighted by Crippen LogP contribution is -2.44. The molecule has 22 heavy (non-hydrogen) atoms. The lowest BCUT2D eigenvalue weighted by atomic mass is 9.88. The van der Waals surface area contributed by atoms with Gasteiger partial charge in [-0.3, -0.25) is 4.79 Å². The number of hydrogen-bond donors (Lipinski definition) is 2. The van der Waals surface area contributed by atoms with E-state index in [1.807, 2.05) is 6.07 Å². The second-order valence-electron chi connectivity index (χ2n) is 5.29. The SMILES string of the molecule is O=C(NCC1(O)CCOc2ccccc21)c1ccccc1F. The average Bonchev–Trinajstić information content (AvgIpc) is 2.54. The van der Waals surface area contributed by atoms with Crippen LogP contribution in [0.15, 0.2) is 48.5 Å². The Morgan fingerprint density at radius 3 is 2.77 bits per heavy atom. The Hall–Kier alpha value is -2.40. The van der Waals surface area contributed by atoms with Crippen molar-refractivity contribution in [1.82, 2.24) is 5.32 Å². The predicted molar refractivity (Wildman–Crippen MR) is 79.2 cm³/mol. The first-order chi connectivity index (χ1) is 10.6. The van der Waals surface area contributed by atoms with Crippen molar-refractivity contribution in [2.75, 3.05) is 13.2 Å². The quantitative estimate of drug-likeness (QED) is 0.914. The molecule has 4 nitrogen and oxygen atoms in total. The van der Waals surface area contributed by atoms with E-state index in [9.17, 15) is 14.3 Å². The fourth-order valence-electron chi connectivity index (χ4n) is 2.59. The van der Waals surface area contributed by atoms with Crippen molar-refractivity contribution in [3.63, 3.8) is 0 Å². The van der Waals surface area contributed by atoms with Crippen LogP contribution < -0.4 is 10.1 Å². The van der Waals surface area contributed by atoms with Gasteiger partial charge in [0.15, 0.2) is 0 Å². The van der Waals surface area contributed by atoms with Gasteiger partial charge in [0.05, 0.1) is 18.7 Å². The van der Waals surface area contributed by atoms with E-state index in [-0.39, 0.29) is 12.1 Å². The second-order valence-corrected chi connectivity index (χ2v) is 5.29. The van der Waals surface area contributed by atoms with Crippen LogP contribution in [0.25, 0.3) is 0 Å². The monoisotopic (exact) mass is 301 g/mol. The van der Waals surface area contributed by atoms with Crippen LogP contribution in [-0.2, 0) is 5.60 Å². The summed E-state index contributed by atoms with van der Waals surface area (Å²) >= 11 is 0. The maximum atomic E-state index is 13.6. The van der Waals surface area contributed by atoms with E-state index >= 15 is 0 Å². The fraction of sp³-hybridized carbons (Fsp3) is 0.235. The molecule has 2 N–H and O–H groups in total. The molecule has 0 spiro atoms. The highest BCUT2D eigenvalue weighted by molar-refractivity contribution is 5.94. The molecule has 0 radical (unpaired) electrons. The van der Waals surface area contributed by atoms with Crippen molar-refractivity contribution in [1.29, 1.82) is 0 Å². The van der Waals surface area contributed by atoms with E-state index in [0.717, 1.165) is 0 Å². The Morgan fingerprint density at radius 1 is 1.23 bits per heavy atom. The highest BCUT2D eigenvalue weighted by Crippen LogP contribution is 2.36. The zero-order valence-electron chi connectivity index (χ0n) is 11.9. The van der Waals surface area contributed by atoms with Crippen LogP contribution in [0.3, 0.4) is 0 Å². The normalized spacial score (nSPS) is 19.9. The molecule has 2 aromatic carbocycles. The van der Waals surface area contributed by atoms with Gasteiger partial charge in [0, 0.05) is 12.0 Å². The van der Waals surface area contributed by atoms with Crippen LogP contribution in [0.4, 0.5) is 4.39 Å². The van der Waals surface area contributed by atoms with Gasteiger partial charge >= 0.3 is 0 Å². The third-order valence-electron chi connectivity index (χ3n) is 3.82. The first-order valence-electron chi connectivity index (χ1n) is 7.07. The van der Waals surface area contributed by atoms with Crippen molar-refractivity contribution in [2.45, 2.75) is 12.0 Å². The van der Waals surface area contributed by atoms with Gasteiger partial charge in [-0.05, 0) is 18.2 Å². The first-order valence-corrected chi connectivity index (χ1v) is 7.07. The summed E-state index contributed by atoms with van der Waals surface area (Å²) in [5.41, 5.74) is -0.614. The number of para-hydroxylation sites is 1. The number of nitrogens with one attached hydrogen (secondary N) is 1. The van der Waals surface area contributed by atoms with Crippen LogP contribution in [0.2, 0.25) is 0 Å². The summed E-state index contributed by atoms with van der Waals surface area (Å²) in [6.07, 6.45) is 0.363. The highest BCUT2D eigenvalue weighted by Gasteiger charge is 2.35. The van der Waals surface area contributed by atoms with Crippen LogP contribution in [0.1, 0.15) is 22.3 Å². The van der Waals surface area contributed by atoms with E-state index in [2.05, 4.69) is 5.32 Å². The van der Waals surface area contributed by atoms with Gasteiger partial charge in [0.25, 0.3) is 5.91 Å². The predicted octanol–water partition coefficient (Wildman–Crippen LogP) is 2.23. The highest BCUT2D eigenvalue weighted by atomic mass is 19.1. The molecule has 1 aliphatic rings. The smallest absolute Gasteiger partial charge is 0.254 e. The number of rotatable bonds is 3. The van der Waals surface area contributed by atoms with Crippen LogP contribution in [0.5, 0.6) is 5.75 Å². The summed E-state index contributed by atoms with van der Waals surface area (Å²) in [6, 6.07) is 12.9. The summed E-state index contributed by atoms with van der Waals surface area (Å²) in [5, 5.41) is 13.4. The molecule has 0 fully saturated rings. The second kappa shape index (κ2) is 5.77. The Labute approximate surface area is 127 Å². The Balaban J connectivity index is 1.77. The van der Waals surface area contributed by atoms with E-state index in [4.69, 9.17) is 4.74 Å². The van der Waals surface area contributed by atoms with Gasteiger partial charge in [0.1, 0.15) is 17.2 Å². The lowest BCUT2D eigenvalue weighted by molar-refractivity contribution is -0.00164. The minimum absolute atomic E-state index is 0.000537. The molecule has 114 valence electrons. The van der Waals surface area contributed by atoms with Crippen LogP contribution >= 0.6 is 0 Å². The van der Waals surface area contributed by atoms with Gasteiger partial charge in [-0.1, -0.05) is 30.3 Å². The van der Waals surface area contributed by atoms with E-state index < -0.39 is 17.3 Å². The molecule has 0 saturated carbocycles. The molecule has 0 saturated heterocycles. The number of aliphatic hydroxyl groups is 1. The molecule has 1 aliphatic heterocycles. The molecule has 1 unspecified atom stereocenters. The maximum absolute atomic E-state index is 13.6. The lowest BCUT2D eigenvalue weighted by Gasteiger charge is -2.34. The minimum atomic E-state index is -1.21. The van der Waals surface area contributed by atoms with Crippen molar-refractivity contribution in [3.05, 3.63) is 65.5 Å². The summed E-state index contributed by atoms with van der Waals surface area (Å²) in [4.78, 5) is 12.1. The minimum Gasteiger partial charge on any atom is -0.493 e. The zero-order valence-corrected chi connectivity index (χ0v) is 11.9. The van der Waals surface area contributed by atoms with Gasteiger partial charge < -0.3 is 15.2 Å². The Morgan fingerprint density at radius 2 is 1.95 bits per heavy atom. The molecular formula is C17H16FNO3. The standard InChI is InChI=1S/C17H16FNO3/c18-14-7-3-1-5-12(14)16(20)19-11-17(21)9-10-22-15-8-4-2-6-13(15)17/h1-8,21H,9-11H2,(H,19,20). The first kappa shape index (κ1) is 14.5. The van der Waals surface area contributed by atoms with E-state index in [1.54, 1.807) is 24.3 Å². The molecule has 1 heterocycles. The van der Waals surface area contributed by atoms with Gasteiger partial charge in [0.2, 0.25) is 0 Å². The average molecular weight is 301 g/mol. The topological polar surface area (TPSA) is 58.6 Å². The Kier molecular flexibility index (Phi) is 3.81. The van der Waals surface area contributed by atoms with Crippen molar-refractivity contribution in [3.8, 4) is 5.75 Å². The van der Waals surface area contributed by atoms with Crippen molar-refractivity contribution < 1.29 is 19.0 Å². The van der Waals surface area contributed by atoms with Gasteiger partial charge in [-0.2, -0.15) is 0 Å². The number of carbonyl (C=O) groups is 1. The van der Waals surface area contributed by atoms with E-state index in [1.165, 1.54) is 18.2 Å². The molecule has 3 rings (SSSR count). The maximum Gasteiger partial charge on any atom is 0.254 e. The molecule has 0 aliphatic carbocycles. The van der Waals surface area contributed by atoms with Crippen LogP contribution in [0, 0.1) is 5.82 Å². The molecule has 2 aromatic rings. The summed E-state index contributed by atoms with van der Waals surface area (Å²) in [7, 11) is 0. The number of ether oxygens (including phenoxy) is 1. The van der Waals surface area contributed by atoms with Gasteiger partial charge in [-0.25, -0.2) is 4.39 Å². The third kappa shape index (κ3) is 2.67. The summed E-state index contributed by atoms with van der Waals surface area (Å²) in [6.45, 7) is 0.365. The molecule has 1 amide bonds.